The molecule has 1 aromatic carbocycles. The van der Waals surface area contributed by atoms with Gasteiger partial charge >= 0.3 is 5.97 Å². The van der Waals surface area contributed by atoms with Crippen molar-refractivity contribution in [2.45, 2.75) is 44.2 Å². The van der Waals surface area contributed by atoms with Gasteiger partial charge in [-0.15, -0.1) is 5.10 Å². The highest BCUT2D eigenvalue weighted by Gasteiger charge is 2.47. The number of nitrogens with zero attached hydrogens (tertiary/aromatic N) is 3. The second kappa shape index (κ2) is 5.30. The standard InChI is InChI=1S/C17H17N3O3/c21-13-11-20-16(17(23-13)9-5-2-6-10-17)14(18-19-20)15(22)12-7-3-1-4-8-12/h1,3-4,7-8H,2,5-6,9-11H2. The largest absolute Gasteiger partial charge is 0.451 e. The summed E-state index contributed by atoms with van der Waals surface area (Å²) in [7, 11) is 0. The fraction of sp³-hybridized carbons (Fsp3) is 0.412. The molecule has 0 unspecified atom stereocenters. The third kappa shape index (κ3) is 2.25. The molecule has 0 radical (unpaired) electrons. The number of carbonyl (C=O) groups excluding carboxylic acids is 2. The van der Waals surface area contributed by atoms with Gasteiger partial charge in [-0.3, -0.25) is 9.59 Å². The first-order valence-electron chi connectivity index (χ1n) is 7.95. The first-order valence-corrected chi connectivity index (χ1v) is 7.95. The molecule has 6 heteroatoms. The van der Waals surface area contributed by atoms with Crippen LogP contribution in [0, 0.1) is 0 Å². The van der Waals surface area contributed by atoms with Crippen molar-refractivity contribution < 1.29 is 14.3 Å². The summed E-state index contributed by atoms with van der Waals surface area (Å²) in [6.07, 6.45) is 4.50. The monoisotopic (exact) mass is 311 g/mol. The average Bonchev–Trinajstić information content (AvgIpc) is 3.00. The molecule has 1 saturated carbocycles. The van der Waals surface area contributed by atoms with Crippen LogP contribution in [0.2, 0.25) is 0 Å². The molecule has 1 spiro atoms. The highest BCUT2D eigenvalue weighted by Crippen LogP contribution is 2.43. The van der Waals surface area contributed by atoms with E-state index in [-0.39, 0.29) is 18.3 Å². The van der Waals surface area contributed by atoms with Crippen LogP contribution >= 0.6 is 0 Å². The van der Waals surface area contributed by atoms with Gasteiger partial charge in [-0.25, -0.2) is 4.68 Å². The number of esters is 1. The van der Waals surface area contributed by atoms with Gasteiger partial charge in [0.15, 0.2) is 11.3 Å². The molecule has 2 aromatic rings. The lowest BCUT2D eigenvalue weighted by Crippen LogP contribution is -2.43. The van der Waals surface area contributed by atoms with E-state index in [1.54, 1.807) is 16.8 Å². The van der Waals surface area contributed by atoms with Gasteiger partial charge in [-0.2, -0.15) is 0 Å². The number of carbonyl (C=O) groups is 2. The third-order valence-electron chi connectivity index (χ3n) is 4.67. The normalized spacial score (nSPS) is 19.2. The summed E-state index contributed by atoms with van der Waals surface area (Å²) in [5.74, 6) is -0.474. The van der Waals surface area contributed by atoms with Crippen LogP contribution in [-0.4, -0.2) is 26.7 Å². The smallest absolute Gasteiger partial charge is 0.328 e. The van der Waals surface area contributed by atoms with E-state index in [9.17, 15) is 9.59 Å². The molecule has 1 aromatic heterocycles. The van der Waals surface area contributed by atoms with Crippen LogP contribution in [0.5, 0.6) is 0 Å². The van der Waals surface area contributed by atoms with Crippen LogP contribution < -0.4 is 0 Å². The van der Waals surface area contributed by atoms with Gasteiger partial charge in [0.25, 0.3) is 0 Å². The van der Waals surface area contributed by atoms with Crippen LogP contribution in [-0.2, 0) is 21.7 Å². The van der Waals surface area contributed by atoms with Gasteiger partial charge in [0.2, 0.25) is 5.78 Å². The van der Waals surface area contributed by atoms with Crippen molar-refractivity contribution in [3.05, 3.63) is 47.3 Å². The van der Waals surface area contributed by atoms with E-state index >= 15 is 0 Å². The molecule has 118 valence electrons. The number of rotatable bonds is 2. The van der Waals surface area contributed by atoms with Gasteiger partial charge < -0.3 is 4.74 Å². The van der Waals surface area contributed by atoms with Crippen LogP contribution in [0.4, 0.5) is 0 Å². The fourth-order valence-corrected chi connectivity index (χ4v) is 3.64. The van der Waals surface area contributed by atoms with Crippen molar-refractivity contribution in [2.75, 3.05) is 0 Å². The molecule has 0 atom stereocenters. The predicted octanol–water partition coefficient (Wildman–Crippen LogP) is 2.23. The number of ether oxygens (including phenoxy) is 1. The molecule has 0 bridgehead atoms. The lowest BCUT2D eigenvalue weighted by Gasteiger charge is -2.39. The number of hydrogen-bond acceptors (Lipinski definition) is 5. The maximum Gasteiger partial charge on any atom is 0.328 e. The van der Waals surface area contributed by atoms with Crippen molar-refractivity contribution >= 4 is 11.8 Å². The van der Waals surface area contributed by atoms with E-state index in [4.69, 9.17) is 4.74 Å². The summed E-state index contributed by atoms with van der Waals surface area (Å²) in [5.41, 5.74) is 0.812. The Morgan fingerprint density at radius 2 is 1.87 bits per heavy atom. The summed E-state index contributed by atoms with van der Waals surface area (Å²) in [6, 6.07) is 9.02. The van der Waals surface area contributed by atoms with Crippen LogP contribution in [0.3, 0.4) is 0 Å². The second-order valence-electron chi connectivity index (χ2n) is 6.17. The van der Waals surface area contributed by atoms with E-state index in [0.717, 1.165) is 32.1 Å². The zero-order chi connectivity index (χ0) is 15.9. The fourth-order valence-electron chi connectivity index (χ4n) is 3.64. The van der Waals surface area contributed by atoms with Crippen LogP contribution in [0.15, 0.2) is 30.3 Å². The average molecular weight is 311 g/mol. The van der Waals surface area contributed by atoms with Gasteiger partial charge in [0, 0.05) is 5.56 Å². The SMILES string of the molecule is O=C1Cn2nnc(C(=O)c3ccccc3)c2C2(CCCCC2)O1. The van der Waals surface area contributed by atoms with Crippen molar-refractivity contribution in [1.82, 2.24) is 15.0 Å². The summed E-state index contributed by atoms with van der Waals surface area (Å²) in [4.78, 5) is 24.8. The van der Waals surface area contributed by atoms with Crippen molar-refractivity contribution in [2.24, 2.45) is 0 Å². The van der Waals surface area contributed by atoms with E-state index in [2.05, 4.69) is 10.3 Å². The Morgan fingerprint density at radius 3 is 2.61 bits per heavy atom. The van der Waals surface area contributed by atoms with Gasteiger partial charge in [-0.05, 0) is 25.7 Å². The maximum absolute atomic E-state index is 12.8. The lowest BCUT2D eigenvalue weighted by molar-refractivity contribution is -0.172. The number of benzene rings is 1. The number of hydrogen-bond donors (Lipinski definition) is 0. The molecule has 0 amide bonds. The Hall–Kier alpha value is -2.50. The highest BCUT2D eigenvalue weighted by atomic mass is 16.6. The molecular weight excluding hydrogens is 294 g/mol. The van der Waals surface area contributed by atoms with Gasteiger partial charge in [0.05, 0.1) is 0 Å². The Kier molecular flexibility index (Phi) is 3.25. The molecule has 2 aliphatic rings. The molecule has 1 fully saturated rings. The van der Waals surface area contributed by atoms with Crippen molar-refractivity contribution in [3.63, 3.8) is 0 Å². The minimum absolute atomic E-state index is 0.0200. The summed E-state index contributed by atoms with van der Waals surface area (Å²) >= 11 is 0. The molecule has 0 saturated heterocycles. The number of fused-ring (bicyclic) bond motifs is 2. The Labute approximate surface area is 133 Å². The lowest BCUT2D eigenvalue weighted by atomic mass is 9.80. The summed E-state index contributed by atoms with van der Waals surface area (Å²) < 4.78 is 7.28. The third-order valence-corrected chi connectivity index (χ3v) is 4.67. The molecule has 0 N–H and O–H groups in total. The zero-order valence-electron chi connectivity index (χ0n) is 12.7. The Morgan fingerprint density at radius 1 is 1.13 bits per heavy atom. The Balaban J connectivity index is 1.82. The highest BCUT2D eigenvalue weighted by molar-refractivity contribution is 6.08. The van der Waals surface area contributed by atoms with Crippen LogP contribution in [0.25, 0.3) is 0 Å². The summed E-state index contributed by atoms with van der Waals surface area (Å²) in [6.45, 7) is 0.0200. The minimum atomic E-state index is -0.739. The molecule has 23 heavy (non-hydrogen) atoms. The van der Waals surface area contributed by atoms with E-state index in [1.807, 2.05) is 18.2 Å². The Bertz CT molecular complexity index is 761. The molecule has 2 heterocycles. The topological polar surface area (TPSA) is 74.1 Å². The van der Waals surface area contributed by atoms with Crippen LogP contribution in [0.1, 0.15) is 53.8 Å². The zero-order valence-corrected chi connectivity index (χ0v) is 12.7. The molecular formula is C17H17N3O3. The predicted molar refractivity (Wildman–Crippen MR) is 80.8 cm³/mol. The second-order valence-corrected chi connectivity index (χ2v) is 6.17. The van der Waals surface area contributed by atoms with E-state index in [1.165, 1.54) is 0 Å². The first kappa shape index (κ1) is 14.1. The number of ketones is 1. The molecule has 4 rings (SSSR count). The maximum atomic E-state index is 12.8. The molecule has 6 nitrogen and oxygen atoms in total. The van der Waals surface area contributed by atoms with E-state index < -0.39 is 5.60 Å². The quantitative estimate of drug-likeness (QED) is 0.628. The first-order chi connectivity index (χ1) is 11.2. The number of aromatic nitrogens is 3. The van der Waals surface area contributed by atoms with Gasteiger partial charge in [0.1, 0.15) is 12.2 Å². The van der Waals surface area contributed by atoms with Crippen molar-refractivity contribution in [1.29, 1.82) is 0 Å². The molecule has 1 aliphatic heterocycles. The molecule has 1 aliphatic carbocycles. The van der Waals surface area contributed by atoms with Gasteiger partial charge in [-0.1, -0.05) is 42.0 Å². The minimum Gasteiger partial charge on any atom is -0.451 e. The summed E-state index contributed by atoms with van der Waals surface area (Å²) in [5, 5.41) is 8.14. The van der Waals surface area contributed by atoms with Crippen molar-refractivity contribution in [3.8, 4) is 0 Å². The van der Waals surface area contributed by atoms with E-state index in [0.29, 0.717) is 17.0 Å².